The summed E-state index contributed by atoms with van der Waals surface area (Å²) in [4.78, 5) is 25.0. The van der Waals surface area contributed by atoms with Crippen molar-refractivity contribution in [2.75, 3.05) is 27.2 Å². The standard InChI is InChI=1S/C46H64N2O4/c1-47(30-16-22-36-18-10-8-11-19-36)40-25-26-41(47)33-38(32-40)46(45(51)52,29-15-7-5-3-4-6-14-24-44(49)50)39-34-42-27-28-43(35-39)48(42,2)31-17-23-37-20-12-9-13-21-37/h8-13,16-23,38-43H,3-7,14-15,24-35H2,1-2H3/p+2. The van der Waals surface area contributed by atoms with E-state index in [0.717, 1.165) is 99.1 Å². The molecular weight excluding hydrogens is 645 g/mol. The number of rotatable bonds is 19. The lowest BCUT2D eigenvalue weighted by atomic mass is 9.56. The first-order valence-corrected chi connectivity index (χ1v) is 20.7. The van der Waals surface area contributed by atoms with Gasteiger partial charge in [-0.05, 0) is 48.0 Å². The third kappa shape index (κ3) is 8.44. The van der Waals surface area contributed by atoms with Crippen LogP contribution in [0.1, 0.15) is 120 Å². The third-order valence-corrected chi connectivity index (χ3v) is 14.8. The van der Waals surface area contributed by atoms with Crippen LogP contribution in [0.3, 0.4) is 0 Å². The Morgan fingerprint density at radius 3 is 1.38 bits per heavy atom. The lowest BCUT2D eigenvalue weighted by Gasteiger charge is -2.55. The number of benzene rings is 2. The molecule has 0 saturated carbocycles. The number of aliphatic carboxylic acids is 2. The number of hydrogen-bond acceptors (Lipinski definition) is 2. The lowest BCUT2D eigenvalue weighted by molar-refractivity contribution is -0.946. The minimum atomic E-state index is -0.706. The largest absolute Gasteiger partial charge is 0.481 e. The normalized spacial score (nSPS) is 32.3. The van der Waals surface area contributed by atoms with Crippen molar-refractivity contribution in [1.29, 1.82) is 0 Å². The molecule has 4 saturated heterocycles. The fourth-order valence-electron chi connectivity index (χ4n) is 11.7. The molecule has 6 nitrogen and oxygen atoms in total. The SMILES string of the molecule is C[N+]1(CC=Cc2ccccc2)C2CCC1CC(C(CCCCCCCCCC(=O)O)(C(=O)O)C1CC3CCC(C1)[N+]3(C)CC=Cc1ccccc1)C2. The molecule has 282 valence electrons. The van der Waals surface area contributed by atoms with E-state index >= 15 is 0 Å². The number of piperidine rings is 2. The number of quaternary nitrogens is 2. The van der Waals surface area contributed by atoms with Gasteiger partial charge in [0.1, 0.15) is 0 Å². The molecule has 0 amide bonds. The van der Waals surface area contributed by atoms with Crippen molar-refractivity contribution in [3.05, 3.63) is 83.9 Å². The molecule has 52 heavy (non-hydrogen) atoms. The maximum Gasteiger partial charge on any atom is 0.310 e. The van der Waals surface area contributed by atoms with E-state index in [1.54, 1.807) is 0 Å². The zero-order valence-electron chi connectivity index (χ0n) is 32.1. The second-order valence-corrected chi connectivity index (χ2v) is 17.5. The summed E-state index contributed by atoms with van der Waals surface area (Å²) in [5.41, 5.74) is 1.84. The average Bonchev–Trinajstić information content (AvgIpc) is 3.36. The van der Waals surface area contributed by atoms with E-state index in [1.807, 2.05) is 0 Å². The zero-order valence-corrected chi connectivity index (χ0v) is 32.1. The van der Waals surface area contributed by atoms with Gasteiger partial charge >= 0.3 is 11.9 Å². The van der Waals surface area contributed by atoms with Crippen LogP contribution in [0.4, 0.5) is 0 Å². The summed E-state index contributed by atoms with van der Waals surface area (Å²) in [6.45, 7) is 2.03. The second-order valence-electron chi connectivity index (χ2n) is 17.5. The minimum Gasteiger partial charge on any atom is -0.481 e. The van der Waals surface area contributed by atoms with E-state index in [1.165, 1.54) is 36.8 Å². The quantitative estimate of drug-likeness (QED) is 0.112. The Morgan fingerprint density at radius 2 is 1.00 bits per heavy atom. The van der Waals surface area contributed by atoms with Crippen molar-refractivity contribution in [2.24, 2.45) is 17.3 Å². The van der Waals surface area contributed by atoms with Crippen molar-refractivity contribution >= 4 is 24.1 Å². The summed E-state index contributed by atoms with van der Waals surface area (Å²) in [5, 5.41) is 20.5. The molecular formula is C46H66N2O4+2. The fraction of sp³-hybridized carbons (Fsp3) is 0.609. The van der Waals surface area contributed by atoms with Crippen LogP contribution in [-0.2, 0) is 9.59 Å². The molecule has 2 aromatic rings. The predicted octanol–water partition coefficient (Wildman–Crippen LogP) is 9.85. The first-order valence-electron chi connectivity index (χ1n) is 20.7. The van der Waals surface area contributed by atoms with Gasteiger partial charge in [-0.3, -0.25) is 9.59 Å². The van der Waals surface area contributed by atoms with Gasteiger partial charge in [0, 0.05) is 57.8 Å². The van der Waals surface area contributed by atoms with Gasteiger partial charge in [0.15, 0.2) is 0 Å². The number of hydrogen-bond donors (Lipinski definition) is 2. The smallest absolute Gasteiger partial charge is 0.310 e. The summed E-state index contributed by atoms with van der Waals surface area (Å²) in [6.07, 6.45) is 26.4. The monoisotopic (exact) mass is 711 g/mol. The van der Waals surface area contributed by atoms with Gasteiger partial charge in [-0.15, -0.1) is 0 Å². The first kappa shape index (κ1) is 38.5. The van der Waals surface area contributed by atoms with Gasteiger partial charge in [-0.1, -0.05) is 111 Å². The van der Waals surface area contributed by atoms with Gasteiger partial charge in [-0.25, -0.2) is 0 Å². The van der Waals surface area contributed by atoms with Crippen molar-refractivity contribution in [3.8, 4) is 0 Å². The van der Waals surface area contributed by atoms with E-state index in [4.69, 9.17) is 5.11 Å². The predicted molar refractivity (Wildman–Crippen MR) is 211 cm³/mol. The molecule has 4 atom stereocenters. The highest BCUT2D eigenvalue weighted by atomic mass is 16.4. The summed E-state index contributed by atoms with van der Waals surface area (Å²) in [6, 6.07) is 23.3. The van der Waals surface area contributed by atoms with Crippen molar-refractivity contribution < 1.29 is 28.8 Å². The van der Waals surface area contributed by atoms with Crippen molar-refractivity contribution in [2.45, 2.75) is 133 Å². The topological polar surface area (TPSA) is 74.6 Å². The average molecular weight is 711 g/mol. The number of carboxylic acids is 2. The van der Waals surface area contributed by atoms with Crippen LogP contribution in [0.2, 0.25) is 0 Å². The van der Waals surface area contributed by atoms with E-state index < -0.39 is 17.4 Å². The van der Waals surface area contributed by atoms with Crippen molar-refractivity contribution in [3.63, 3.8) is 0 Å². The third-order valence-electron chi connectivity index (χ3n) is 14.8. The number of nitrogens with zero attached hydrogens (tertiary/aromatic N) is 2. The molecule has 6 rings (SSSR count). The van der Waals surface area contributed by atoms with Crippen LogP contribution in [0, 0.1) is 17.3 Å². The molecule has 4 unspecified atom stereocenters. The molecule has 2 aromatic carbocycles. The van der Waals surface area contributed by atoms with E-state index in [-0.39, 0.29) is 18.3 Å². The number of fused-ring (bicyclic) bond motifs is 4. The molecule has 6 heteroatoms. The maximum atomic E-state index is 14.1. The van der Waals surface area contributed by atoms with Gasteiger partial charge in [-0.2, -0.15) is 0 Å². The summed E-state index contributed by atoms with van der Waals surface area (Å²) < 4.78 is 2.13. The number of carboxylic acid groups (broad SMARTS) is 2. The molecule has 4 aliphatic rings. The molecule has 4 heterocycles. The van der Waals surface area contributed by atoms with Gasteiger partial charge in [0.25, 0.3) is 0 Å². The van der Waals surface area contributed by atoms with Gasteiger partial charge in [0.05, 0.1) is 56.8 Å². The lowest BCUT2D eigenvalue weighted by Crippen LogP contribution is -2.63. The Balaban J connectivity index is 1.17. The number of unbranched alkanes of at least 4 members (excludes halogenated alkanes) is 6. The van der Waals surface area contributed by atoms with Crippen LogP contribution >= 0.6 is 0 Å². The van der Waals surface area contributed by atoms with Gasteiger partial charge in [0.2, 0.25) is 0 Å². The Labute approximate surface area is 313 Å². The van der Waals surface area contributed by atoms with Crippen LogP contribution in [-0.4, -0.2) is 82.5 Å². The Bertz CT molecular complexity index is 1400. The molecule has 0 aromatic heterocycles. The summed E-state index contributed by atoms with van der Waals surface area (Å²) in [7, 11) is 4.92. The van der Waals surface area contributed by atoms with E-state index in [9.17, 15) is 14.7 Å². The molecule has 0 radical (unpaired) electrons. The Hall–Kier alpha value is -3.22. The van der Waals surface area contributed by atoms with Gasteiger partial charge < -0.3 is 19.2 Å². The Kier molecular flexibility index (Phi) is 12.8. The van der Waals surface area contributed by atoms with Crippen LogP contribution in [0.5, 0.6) is 0 Å². The Morgan fingerprint density at radius 1 is 0.615 bits per heavy atom. The van der Waals surface area contributed by atoms with Crippen LogP contribution in [0.15, 0.2) is 72.8 Å². The highest BCUT2D eigenvalue weighted by molar-refractivity contribution is 5.75. The molecule has 0 aliphatic carbocycles. The minimum absolute atomic E-state index is 0.238. The zero-order chi connectivity index (χ0) is 36.6. The highest BCUT2D eigenvalue weighted by Gasteiger charge is 2.63. The fourth-order valence-corrected chi connectivity index (χ4v) is 11.7. The molecule has 2 N–H and O–H groups in total. The number of likely N-dealkylation sites (N-methyl/N-ethyl adjacent to an activating group) is 2. The highest BCUT2D eigenvalue weighted by Crippen LogP contribution is 2.58. The van der Waals surface area contributed by atoms with Crippen LogP contribution < -0.4 is 0 Å². The van der Waals surface area contributed by atoms with Crippen molar-refractivity contribution in [1.82, 2.24) is 0 Å². The summed E-state index contributed by atoms with van der Waals surface area (Å²) >= 11 is 0. The molecule has 4 bridgehead atoms. The molecule has 0 spiro atoms. The molecule has 4 fully saturated rings. The van der Waals surface area contributed by atoms with Crippen LogP contribution in [0.25, 0.3) is 12.2 Å². The first-order chi connectivity index (χ1) is 25.1. The number of carbonyl (C=O) groups is 2. The van der Waals surface area contributed by atoms with E-state index in [2.05, 4.69) is 99.1 Å². The molecule has 4 aliphatic heterocycles. The second kappa shape index (κ2) is 17.3. The van der Waals surface area contributed by atoms with E-state index in [0.29, 0.717) is 24.2 Å². The maximum absolute atomic E-state index is 14.1. The summed E-state index contributed by atoms with van der Waals surface area (Å²) in [5.74, 6) is -0.734.